The molecule has 20 heavy (non-hydrogen) atoms. The lowest BCUT2D eigenvalue weighted by molar-refractivity contribution is 0.0696. The molecule has 2 aromatic carbocycles. The van der Waals surface area contributed by atoms with Gasteiger partial charge in [-0.25, -0.2) is 4.79 Å². The van der Waals surface area contributed by atoms with Crippen LogP contribution in [-0.2, 0) is 0 Å². The lowest BCUT2D eigenvalue weighted by Gasteiger charge is -2.17. The normalized spacial score (nSPS) is 12.8. The molecule has 0 aliphatic heterocycles. The number of hydrogen-bond donors (Lipinski definition) is 1. The molecule has 1 aliphatic rings. The third-order valence-electron chi connectivity index (χ3n) is 3.23. The number of hydrogen-bond acceptors (Lipinski definition) is 3. The van der Waals surface area contributed by atoms with Crippen LogP contribution < -0.4 is 0 Å². The van der Waals surface area contributed by atoms with Gasteiger partial charge < -0.3 is 5.11 Å². The molecule has 0 saturated carbocycles. The number of benzene rings is 2. The van der Waals surface area contributed by atoms with Gasteiger partial charge in [-0.05, 0) is 36.4 Å². The van der Waals surface area contributed by atoms with Crippen LogP contribution in [0.4, 0.5) is 0 Å². The van der Waals surface area contributed by atoms with E-state index < -0.39 is 5.97 Å². The highest BCUT2D eigenvalue weighted by Gasteiger charge is 2.30. The van der Waals surface area contributed by atoms with Gasteiger partial charge in [0, 0.05) is 27.3 Å². The molecule has 0 aromatic heterocycles. The van der Waals surface area contributed by atoms with Crippen molar-refractivity contribution < 1.29 is 19.5 Å². The average Bonchev–Trinajstić information content (AvgIpc) is 2.44. The van der Waals surface area contributed by atoms with Crippen LogP contribution in [0.3, 0.4) is 0 Å². The zero-order chi connectivity index (χ0) is 14.4. The van der Waals surface area contributed by atoms with Crippen molar-refractivity contribution in [1.82, 2.24) is 0 Å². The third-order valence-corrected chi connectivity index (χ3v) is 3.46. The van der Waals surface area contributed by atoms with Crippen LogP contribution >= 0.6 is 11.6 Å². The van der Waals surface area contributed by atoms with E-state index in [1.807, 2.05) is 0 Å². The molecule has 0 saturated heterocycles. The second-order valence-electron chi connectivity index (χ2n) is 4.41. The van der Waals surface area contributed by atoms with E-state index in [1.54, 1.807) is 6.07 Å². The SMILES string of the molecule is O=C(O)c1ccc2c(c1)C(=O)c1cc(Cl)ccc1C2=O. The van der Waals surface area contributed by atoms with E-state index in [0.29, 0.717) is 5.02 Å². The molecule has 0 radical (unpaired) electrons. The number of fused-ring (bicyclic) bond motifs is 2. The smallest absolute Gasteiger partial charge is 0.335 e. The van der Waals surface area contributed by atoms with E-state index in [-0.39, 0.29) is 39.4 Å². The maximum Gasteiger partial charge on any atom is 0.335 e. The monoisotopic (exact) mass is 286 g/mol. The Morgan fingerprint density at radius 3 is 2.05 bits per heavy atom. The number of ketones is 2. The van der Waals surface area contributed by atoms with Gasteiger partial charge in [0.15, 0.2) is 11.6 Å². The van der Waals surface area contributed by atoms with Gasteiger partial charge in [0.2, 0.25) is 0 Å². The summed E-state index contributed by atoms with van der Waals surface area (Å²) in [6.45, 7) is 0. The summed E-state index contributed by atoms with van der Waals surface area (Å²) in [6, 6.07) is 8.38. The standard InChI is InChI=1S/C15H7ClO4/c16-8-2-4-10-12(6-8)14(18)11-5-7(15(19)20)1-3-9(11)13(10)17/h1-6H,(H,19,20). The van der Waals surface area contributed by atoms with Crippen molar-refractivity contribution in [2.24, 2.45) is 0 Å². The Morgan fingerprint density at radius 1 is 0.850 bits per heavy atom. The van der Waals surface area contributed by atoms with Crippen LogP contribution in [0.5, 0.6) is 0 Å². The van der Waals surface area contributed by atoms with E-state index in [4.69, 9.17) is 16.7 Å². The summed E-state index contributed by atoms with van der Waals surface area (Å²) in [5.41, 5.74) is 0.780. The number of aromatic carboxylic acids is 1. The summed E-state index contributed by atoms with van der Waals surface area (Å²) < 4.78 is 0. The molecule has 0 bridgehead atoms. The van der Waals surface area contributed by atoms with Crippen LogP contribution in [-0.4, -0.2) is 22.6 Å². The predicted molar refractivity (Wildman–Crippen MR) is 71.7 cm³/mol. The highest BCUT2D eigenvalue weighted by Crippen LogP contribution is 2.29. The summed E-state index contributed by atoms with van der Waals surface area (Å²) >= 11 is 5.84. The first-order valence-corrected chi connectivity index (χ1v) is 6.13. The van der Waals surface area contributed by atoms with E-state index in [0.717, 1.165) is 0 Å². The second kappa shape index (κ2) is 4.28. The fourth-order valence-corrected chi connectivity index (χ4v) is 2.43. The van der Waals surface area contributed by atoms with E-state index >= 15 is 0 Å². The molecule has 3 rings (SSSR count). The topological polar surface area (TPSA) is 71.4 Å². The fraction of sp³-hybridized carbons (Fsp3) is 0. The lowest BCUT2D eigenvalue weighted by Crippen LogP contribution is -2.21. The maximum atomic E-state index is 12.4. The third kappa shape index (κ3) is 1.73. The first-order chi connectivity index (χ1) is 9.49. The number of carbonyl (C=O) groups excluding carboxylic acids is 2. The largest absolute Gasteiger partial charge is 0.478 e. The van der Waals surface area contributed by atoms with Gasteiger partial charge in [0.25, 0.3) is 0 Å². The van der Waals surface area contributed by atoms with Crippen molar-refractivity contribution in [1.29, 1.82) is 0 Å². The number of carbonyl (C=O) groups is 3. The molecule has 1 N–H and O–H groups in total. The van der Waals surface area contributed by atoms with Crippen molar-refractivity contribution in [3.63, 3.8) is 0 Å². The Balaban J connectivity index is 2.27. The quantitative estimate of drug-likeness (QED) is 0.746. The second-order valence-corrected chi connectivity index (χ2v) is 4.85. The molecule has 0 spiro atoms. The Labute approximate surface area is 118 Å². The van der Waals surface area contributed by atoms with Gasteiger partial charge in [-0.1, -0.05) is 11.6 Å². The first kappa shape index (κ1) is 12.6. The highest BCUT2D eigenvalue weighted by atomic mass is 35.5. The van der Waals surface area contributed by atoms with Gasteiger partial charge in [0.05, 0.1) is 5.56 Å². The minimum Gasteiger partial charge on any atom is -0.478 e. The van der Waals surface area contributed by atoms with Gasteiger partial charge in [-0.15, -0.1) is 0 Å². The van der Waals surface area contributed by atoms with E-state index in [1.165, 1.54) is 30.3 Å². The Kier molecular flexibility index (Phi) is 2.69. The van der Waals surface area contributed by atoms with Crippen molar-refractivity contribution in [3.05, 3.63) is 69.2 Å². The molecule has 98 valence electrons. The fourth-order valence-electron chi connectivity index (χ4n) is 2.26. The first-order valence-electron chi connectivity index (χ1n) is 5.75. The summed E-state index contributed by atoms with van der Waals surface area (Å²) in [4.78, 5) is 35.6. The number of rotatable bonds is 1. The molecular weight excluding hydrogens is 280 g/mol. The zero-order valence-corrected chi connectivity index (χ0v) is 10.8. The van der Waals surface area contributed by atoms with Gasteiger partial charge >= 0.3 is 5.97 Å². The van der Waals surface area contributed by atoms with E-state index in [2.05, 4.69) is 0 Å². The van der Waals surface area contributed by atoms with Crippen LogP contribution in [0.15, 0.2) is 36.4 Å². The molecule has 2 aromatic rings. The molecule has 0 atom stereocenters. The van der Waals surface area contributed by atoms with Crippen molar-refractivity contribution >= 4 is 29.1 Å². The molecule has 1 aliphatic carbocycles. The number of halogens is 1. The molecule has 4 nitrogen and oxygen atoms in total. The van der Waals surface area contributed by atoms with Crippen LogP contribution in [0.25, 0.3) is 0 Å². The van der Waals surface area contributed by atoms with Crippen molar-refractivity contribution in [3.8, 4) is 0 Å². The van der Waals surface area contributed by atoms with Crippen LogP contribution in [0.2, 0.25) is 5.02 Å². The predicted octanol–water partition coefficient (Wildman–Crippen LogP) is 2.81. The average molecular weight is 287 g/mol. The summed E-state index contributed by atoms with van der Waals surface area (Å²) in [6.07, 6.45) is 0. The minimum atomic E-state index is -1.15. The molecule has 0 amide bonds. The summed E-state index contributed by atoms with van der Waals surface area (Å²) in [5, 5.41) is 9.31. The molecule has 0 heterocycles. The molecule has 0 fully saturated rings. The molecule has 5 heteroatoms. The number of carboxylic acid groups (broad SMARTS) is 1. The molecular formula is C15H7ClO4. The highest BCUT2D eigenvalue weighted by molar-refractivity contribution is 6.33. The molecule has 0 unspecified atom stereocenters. The van der Waals surface area contributed by atoms with Gasteiger partial charge in [-0.3, -0.25) is 9.59 Å². The summed E-state index contributed by atoms with van der Waals surface area (Å²) in [7, 11) is 0. The maximum absolute atomic E-state index is 12.4. The Bertz CT molecular complexity index is 792. The van der Waals surface area contributed by atoms with Crippen LogP contribution in [0, 0.1) is 0 Å². The Hall–Kier alpha value is -2.46. The van der Waals surface area contributed by atoms with Gasteiger partial charge in [0.1, 0.15) is 0 Å². The lowest BCUT2D eigenvalue weighted by atomic mass is 9.83. The van der Waals surface area contributed by atoms with Crippen LogP contribution in [0.1, 0.15) is 42.2 Å². The van der Waals surface area contributed by atoms with Crippen molar-refractivity contribution in [2.75, 3.05) is 0 Å². The van der Waals surface area contributed by atoms with Crippen molar-refractivity contribution in [2.45, 2.75) is 0 Å². The number of carboxylic acids is 1. The summed E-state index contributed by atoms with van der Waals surface area (Å²) in [5.74, 6) is -1.84. The van der Waals surface area contributed by atoms with Gasteiger partial charge in [-0.2, -0.15) is 0 Å². The van der Waals surface area contributed by atoms with E-state index in [9.17, 15) is 14.4 Å². The minimum absolute atomic E-state index is 0.0321. The Morgan fingerprint density at radius 2 is 1.40 bits per heavy atom. The zero-order valence-electron chi connectivity index (χ0n) is 10.0.